The molecule has 3 aromatic heterocycles. The van der Waals surface area contributed by atoms with E-state index < -0.39 is 28.5 Å². The fourth-order valence-corrected chi connectivity index (χ4v) is 2.52. The van der Waals surface area contributed by atoms with Gasteiger partial charge in [-0.05, 0) is 12.1 Å². The van der Waals surface area contributed by atoms with Gasteiger partial charge in [0.25, 0.3) is 10.1 Å². The number of aromatic nitrogens is 2. The van der Waals surface area contributed by atoms with E-state index in [1.165, 1.54) is 35.4 Å². The fraction of sp³-hybridized carbons (Fsp3) is 0.214. The number of hydrogen-bond donors (Lipinski definition) is 0. The number of pyridine rings is 1. The maximum absolute atomic E-state index is 13.3. The average Bonchev–Trinajstić information content (AvgIpc) is 3.11. The van der Waals surface area contributed by atoms with Crippen molar-refractivity contribution in [2.75, 3.05) is 6.26 Å². The first-order chi connectivity index (χ1) is 11.1. The lowest BCUT2D eigenvalue weighted by atomic mass is 10.1. The molecule has 0 saturated heterocycles. The number of nitrogens with zero attached hydrogens (tertiary/aromatic N) is 2. The molecule has 0 bridgehead atoms. The molecule has 0 atom stereocenters. The van der Waals surface area contributed by atoms with Gasteiger partial charge in [0.2, 0.25) is 0 Å². The highest BCUT2D eigenvalue weighted by atomic mass is 32.2. The van der Waals surface area contributed by atoms with Crippen molar-refractivity contribution in [3.05, 3.63) is 48.3 Å². The predicted molar refractivity (Wildman–Crippen MR) is 77.5 cm³/mol. The molecule has 0 N–H and O–H groups in total. The Labute approximate surface area is 134 Å². The molecule has 3 heterocycles. The van der Waals surface area contributed by atoms with E-state index in [0.717, 1.165) is 12.3 Å². The molecule has 0 spiro atoms. The molecule has 0 fully saturated rings. The summed E-state index contributed by atoms with van der Waals surface area (Å²) in [6.07, 6.45) is 1.64. The molecule has 3 aromatic rings. The first-order valence-corrected chi connectivity index (χ1v) is 8.41. The Morgan fingerprint density at radius 3 is 2.62 bits per heavy atom. The van der Waals surface area contributed by atoms with E-state index in [4.69, 9.17) is 4.42 Å². The summed E-state index contributed by atoms with van der Waals surface area (Å²) in [5.41, 5.74) is -0.439. The van der Waals surface area contributed by atoms with Crippen LogP contribution in [0.3, 0.4) is 0 Å². The number of rotatable bonds is 4. The molecule has 0 aliphatic heterocycles. The monoisotopic (exact) mass is 360 g/mol. The van der Waals surface area contributed by atoms with Gasteiger partial charge in [-0.15, -0.1) is 0 Å². The van der Waals surface area contributed by atoms with Gasteiger partial charge >= 0.3 is 6.18 Å². The third-order valence-electron chi connectivity index (χ3n) is 3.18. The first-order valence-electron chi connectivity index (χ1n) is 6.59. The second-order valence-electron chi connectivity index (χ2n) is 5.08. The lowest BCUT2D eigenvalue weighted by molar-refractivity contribution is -0.136. The number of halogens is 3. The van der Waals surface area contributed by atoms with Crippen LogP contribution in [0.4, 0.5) is 13.2 Å². The summed E-state index contributed by atoms with van der Waals surface area (Å²) in [6, 6.07) is 2.50. The van der Waals surface area contributed by atoms with Gasteiger partial charge in [0.15, 0.2) is 0 Å². The average molecular weight is 360 g/mol. The van der Waals surface area contributed by atoms with E-state index in [-0.39, 0.29) is 16.9 Å². The molecule has 3 rings (SSSR count). The summed E-state index contributed by atoms with van der Waals surface area (Å²) >= 11 is 0. The van der Waals surface area contributed by atoms with E-state index in [1.54, 1.807) is 0 Å². The number of fused-ring (bicyclic) bond motifs is 1. The van der Waals surface area contributed by atoms with Crippen molar-refractivity contribution in [2.24, 2.45) is 0 Å². The van der Waals surface area contributed by atoms with E-state index in [1.807, 2.05) is 0 Å². The Kier molecular flexibility index (Phi) is 3.88. The maximum Gasteiger partial charge on any atom is 0.420 e. The Morgan fingerprint density at radius 2 is 2.04 bits per heavy atom. The second-order valence-corrected chi connectivity index (χ2v) is 6.73. The topological polar surface area (TPSA) is 73.8 Å². The quantitative estimate of drug-likeness (QED) is 0.669. The van der Waals surface area contributed by atoms with Crippen LogP contribution in [-0.2, 0) is 27.1 Å². The Balaban J connectivity index is 2.12. The van der Waals surface area contributed by atoms with Gasteiger partial charge in [-0.25, -0.2) is 4.98 Å². The van der Waals surface area contributed by atoms with E-state index in [0.29, 0.717) is 5.56 Å². The van der Waals surface area contributed by atoms with Crippen LogP contribution in [0.5, 0.6) is 0 Å². The molecule has 24 heavy (non-hydrogen) atoms. The molecule has 0 amide bonds. The third-order valence-corrected chi connectivity index (χ3v) is 3.73. The summed E-state index contributed by atoms with van der Waals surface area (Å²) in [5, 5.41) is 0. The van der Waals surface area contributed by atoms with Crippen molar-refractivity contribution in [1.82, 2.24) is 9.38 Å². The SMILES string of the molecule is CS(=O)(=O)OCc1cn2cc(-c3ccoc3)cc(C(F)(F)F)c2n1. The normalized spacial score (nSPS) is 12.8. The molecule has 0 unspecified atom stereocenters. The van der Waals surface area contributed by atoms with Crippen LogP contribution in [0, 0.1) is 0 Å². The van der Waals surface area contributed by atoms with Gasteiger partial charge < -0.3 is 8.82 Å². The molecule has 0 aliphatic rings. The zero-order valence-corrected chi connectivity index (χ0v) is 13.1. The molecule has 0 aromatic carbocycles. The van der Waals surface area contributed by atoms with Gasteiger partial charge in [0.1, 0.15) is 12.3 Å². The minimum atomic E-state index is -4.62. The van der Waals surface area contributed by atoms with Crippen LogP contribution in [0.15, 0.2) is 41.5 Å². The lowest BCUT2D eigenvalue weighted by Crippen LogP contribution is -2.08. The van der Waals surface area contributed by atoms with Gasteiger partial charge in [0, 0.05) is 23.5 Å². The highest BCUT2D eigenvalue weighted by Crippen LogP contribution is 2.35. The molecular weight excluding hydrogens is 349 g/mol. The Hall–Kier alpha value is -2.33. The van der Waals surface area contributed by atoms with E-state index in [2.05, 4.69) is 9.17 Å². The summed E-state index contributed by atoms with van der Waals surface area (Å²) < 4.78 is 72.6. The number of furan rings is 1. The second kappa shape index (κ2) is 5.64. The van der Waals surface area contributed by atoms with Crippen molar-refractivity contribution < 1.29 is 30.2 Å². The van der Waals surface area contributed by atoms with Gasteiger partial charge in [-0.1, -0.05) is 0 Å². The van der Waals surface area contributed by atoms with Crippen molar-refractivity contribution in [1.29, 1.82) is 0 Å². The summed E-state index contributed by atoms with van der Waals surface area (Å²) in [6.45, 7) is -0.446. The van der Waals surface area contributed by atoms with Crippen LogP contribution in [0.1, 0.15) is 11.3 Å². The largest absolute Gasteiger partial charge is 0.472 e. The number of alkyl halides is 3. The molecular formula is C14H11F3N2O4S. The minimum Gasteiger partial charge on any atom is -0.472 e. The first kappa shape index (κ1) is 16.5. The fourth-order valence-electron chi connectivity index (χ4n) is 2.18. The zero-order chi connectivity index (χ0) is 17.5. The molecule has 0 aliphatic carbocycles. The number of hydrogen-bond acceptors (Lipinski definition) is 5. The maximum atomic E-state index is 13.3. The molecule has 0 radical (unpaired) electrons. The van der Waals surface area contributed by atoms with Crippen LogP contribution in [0.25, 0.3) is 16.8 Å². The van der Waals surface area contributed by atoms with Gasteiger partial charge in [-0.3, -0.25) is 4.18 Å². The predicted octanol–water partition coefficient (Wildman–Crippen LogP) is 3.09. The summed E-state index contributed by atoms with van der Waals surface area (Å²) in [5.74, 6) is 0. The standard InChI is InChI=1S/C14H11F3N2O4S/c1-24(20,21)23-8-11-6-19-5-10(9-2-3-22-7-9)4-12(13(19)18-11)14(15,16)17/h2-7H,8H2,1H3. The van der Waals surface area contributed by atoms with Crippen molar-refractivity contribution in [2.45, 2.75) is 12.8 Å². The zero-order valence-electron chi connectivity index (χ0n) is 12.2. The van der Waals surface area contributed by atoms with E-state index in [9.17, 15) is 21.6 Å². The molecule has 10 heteroatoms. The Morgan fingerprint density at radius 1 is 1.29 bits per heavy atom. The highest BCUT2D eigenvalue weighted by Gasteiger charge is 2.35. The smallest absolute Gasteiger partial charge is 0.420 e. The van der Waals surface area contributed by atoms with Crippen molar-refractivity contribution in [3.63, 3.8) is 0 Å². The van der Waals surface area contributed by atoms with E-state index >= 15 is 0 Å². The van der Waals surface area contributed by atoms with Crippen molar-refractivity contribution in [3.8, 4) is 11.1 Å². The Bertz CT molecular complexity index is 976. The summed E-state index contributed by atoms with van der Waals surface area (Å²) in [7, 11) is -3.73. The van der Waals surface area contributed by atoms with Crippen LogP contribution in [0.2, 0.25) is 0 Å². The van der Waals surface area contributed by atoms with Crippen LogP contribution < -0.4 is 0 Å². The third kappa shape index (κ3) is 3.44. The lowest BCUT2D eigenvalue weighted by Gasteiger charge is -2.10. The van der Waals surface area contributed by atoms with Crippen molar-refractivity contribution >= 4 is 15.8 Å². The highest BCUT2D eigenvalue weighted by molar-refractivity contribution is 7.85. The molecule has 6 nitrogen and oxygen atoms in total. The number of imidazole rings is 1. The van der Waals surface area contributed by atoms with Gasteiger partial charge in [0.05, 0.1) is 30.0 Å². The van der Waals surface area contributed by atoms with Gasteiger partial charge in [-0.2, -0.15) is 21.6 Å². The minimum absolute atomic E-state index is 0.0651. The summed E-state index contributed by atoms with van der Waals surface area (Å²) in [4.78, 5) is 3.83. The molecule has 128 valence electrons. The van der Waals surface area contributed by atoms with Crippen LogP contribution >= 0.6 is 0 Å². The van der Waals surface area contributed by atoms with Crippen LogP contribution in [-0.4, -0.2) is 24.1 Å². The molecule has 0 saturated carbocycles.